The molecule has 0 radical (unpaired) electrons. The van der Waals surface area contributed by atoms with Crippen LogP contribution in [0.4, 0.5) is 0 Å². The third-order valence-electron chi connectivity index (χ3n) is 3.34. The largest absolute Gasteiger partial charge is 0.422 e. The quantitative estimate of drug-likeness (QED) is 0.637. The van der Waals surface area contributed by atoms with E-state index in [1.54, 1.807) is 0 Å². The number of aliphatic hydroxyl groups excluding tert-OH is 1. The fraction of sp³-hybridized carbons (Fsp3) is 0.400. The summed E-state index contributed by atoms with van der Waals surface area (Å²) in [6.45, 7) is 5.46. The molecule has 0 amide bonds. The normalized spacial score (nSPS) is 11.1. The van der Waals surface area contributed by atoms with Crippen molar-refractivity contribution in [3.8, 4) is 0 Å². The van der Waals surface area contributed by atoms with E-state index in [0.29, 0.717) is 18.5 Å². The van der Waals surface area contributed by atoms with E-state index in [2.05, 4.69) is 5.32 Å². The van der Waals surface area contributed by atoms with E-state index >= 15 is 0 Å². The lowest BCUT2D eigenvalue weighted by molar-refractivity contribution is 0.286. The van der Waals surface area contributed by atoms with Gasteiger partial charge in [-0.05, 0) is 43.5 Å². The first kappa shape index (κ1) is 13.8. The Kier molecular flexibility index (Phi) is 4.35. The molecule has 0 atom stereocenters. The van der Waals surface area contributed by atoms with E-state index < -0.39 is 0 Å². The Morgan fingerprint density at radius 3 is 2.84 bits per heavy atom. The Bertz CT molecular complexity index is 631. The first-order chi connectivity index (χ1) is 9.13. The maximum atomic E-state index is 11.6. The third-order valence-corrected chi connectivity index (χ3v) is 3.34. The lowest BCUT2D eigenvalue weighted by Gasteiger charge is -2.09. The van der Waals surface area contributed by atoms with Gasteiger partial charge in [-0.3, -0.25) is 0 Å². The topological polar surface area (TPSA) is 62.5 Å². The van der Waals surface area contributed by atoms with E-state index in [1.807, 2.05) is 26.0 Å². The zero-order chi connectivity index (χ0) is 13.8. The maximum absolute atomic E-state index is 11.6. The Hall–Kier alpha value is -1.65. The van der Waals surface area contributed by atoms with Crippen molar-refractivity contribution in [3.05, 3.63) is 45.3 Å². The summed E-state index contributed by atoms with van der Waals surface area (Å²) >= 11 is 0. The highest BCUT2D eigenvalue weighted by Crippen LogP contribution is 2.23. The minimum atomic E-state index is -0.319. The van der Waals surface area contributed by atoms with Gasteiger partial charge in [0.2, 0.25) is 0 Å². The Morgan fingerprint density at radius 2 is 2.11 bits per heavy atom. The molecule has 0 saturated heterocycles. The van der Waals surface area contributed by atoms with Crippen LogP contribution in [-0.4, -0.2) is 18.3 Å². The second kappa shape index (κ2) is 5.99. The van der Waals surface area contributed by atoms with E-state index in [-0.39, 0.29) is 12.2 Å². The fourth-order valence-corrected chi connectivity index (χ4v) is 2.10. The molecule has 102 valence electrons. The summed E-state index contributed by atoms with van der Waals surface area (Å²) in [4.78, 5) is 11.6. The molecule has 4 heteroatoms. The highest BCUT2D eigenvalue weighted by atomic mass is 16.4. The summed E-state index contributed by atoms with van der Waals surface area (Å²) in [6.07, 6.45) is 0.706. The van der Waals surface area contributed by atoms with Crippen molar-refractivity contribution in [1.82, 2.24) is 5.32 Å². The van der Waals surface area contributed by atoms with E-state index in [0.717, 1.165) is 28.6 Å². The van der Waals surface area contributed by atoms with Crippen LogP contribution in [0.15, 0.2) is 27.4 Å². The molecule has 0 aliphatic carbocycles. The van der Waals surface area contributed by atoms with E-state index in [4.69, 9.17) is 9.52 Å². The molecule has 2 rings (SSSR count). The number of aryl methyl sites for hydroxylation is 2. The number of benzene rings is 1. The van der Waals surface area contributed by atoms with Crippen molar-refractivity contribution in [2.45, 2.75) is 26.8 Å². The Labute approximate surface area is 112 Å². The molecular formula is C15H19NO3. The van der Waals surface area contributed by atoms with Gasteiger partial charge in [0.15, 0.2) is 0 Å². The van der Waals surface area contributed by atoms with Crippen molar-refractivity contribution >= 4 is 11.0 Å². The highest BCUT2D eigenvalue weighted by Gasteiger charge is 2.08. The van der Waals surface area contributed by atoms with Crippen LogP contribution >= 0.6 is 0 Å². The van der Waals surface area contributed by atoms with Gasteiger partial charge in [0, 0.05) is 24.6 Å². The second-order valence-electron chi connectivity index (χ2n) is 4.73. The summed E-state index contributed by atoms with van der Waals surface area (Å²) in [7, 11) is 0. The molecule has 2 N–H and O–H groups in total. The number of nitrogens with one attached hydrogen (secondary N) is 1. The molecule has 0 aliphatic rings. The van der Waals surface area contributed by atoms with Crippen molar-refractivity contribution in [2.75, 3.05) is 13.2 Å². The van der Waals surface area contributed by atoms with Gasteiger partial charge < -0.3 is 14.8 Å². The average Bonchev–Trinajstić information content (AvgIpc) is 2.39. The minimum absolute atomic E-state index is 0.170. The number of fused-ring (bicyclic) bond motifs is 1. The summed E-state index contributed by atoms with van der Waals surface area (Å²) < 4.78 is 5.32. The van der Waals surface area contributed by atoms with Crippen LogP contribution in [0.3, 0.4) is 0 Å². The molecular weight excluding hydrogens is 242 g/mol. The number of rotatable bonds is 5. The molecule has 19 heavy (non-hydrogen) atoms. The van der Waals surface area contributed by atoms with Crippen LogP contribution in [0.25, 0.3) is 11.0 Å². The summed E-state index contributed by atoms with van der Waals surface area (Å²) in [5, 5.41) is 12.9. The second-order valence-corrected chi connectivity index (χ2v) is 4.73. The van der Waals surface area contributed by atoms with Gasteiger partial charge in [-0.2, -0.15) is 0 Å². The molecule has 0 unspecified atom stereocenters. The predicted molar refractivity (Wildman–Crippen MR) is 75.4 cm³/mol. The Balaban J connectivity index is 2.38. The van der Waals surface area contributed by atoms with Crippen molar-refractivity contribution < 1.29 is 9.52 Å². The lowest BCUT2D eigenvalue weighted by atomic mass is 10.0. The van der Waals surface area contributed by atoms with E-state index in [1.165, 1.54) is 6.07 Å². The Morgan fingerprint density at radius 1 is 1.32 bits per heavy atom. The van der Waals surface area contributed by atoms with Gasteiger partial charge in [-0.1, -0.05) is 12.1 Å². The van der Waals surface area contributed by atoms with Crippen LogP contribution in [-0.2, 0) is 6.54 Å². The lowest BCUT2D eigenvalue weighted by Crippen LogP contribution is -2.17. The first-order valence-electron chi connectivity index (χ1n) is 6.48. The SMILES string of the molecule is Cc1ccc2c(CNCCCO)cc(=O)oc2c1C. The van der Waals surface area contributed by atoms with Crippen molar-refractivity contribution in [1.29, 1.82) is 0 Å². The maximum Gasteiger partial charge on any atom is 0.336 e. The van der Waals surface area contributed by atoms with E-state index in [9.17, 15) is 4.79 Å². The highest BCUT2D eigenvalue weighted by molar-refractivity contribution is 5.83. The molecule has 0 aliphatic heterocycles. The molecule has 4 nitrogen and oxygen atoms in total. The van der Waals surface area contributed by atoms with Crippen LogP contribution < -0.4 is 10.9 Å². The van der Waals surface area contributed by atoms with Gasteiger partial charge in [-0.25, -0.2) is 4.79 Å². The van der Waals surface area contributed by atoms with Crippen LogP contribution in [0.1, 0.15) is 23.1 Å². The molecule has 2 aromatic rings. The fourth-order valence-electron chi connectivity index (χ4n) is 2.10. The molecule has 0 bridgehead atoms. The minimum Gasteiger partial charge on any atom is -0.422 e. The van der Waals surface area contributed by atoms with Crippen LogP contribution in [0.2, 0.25) is 0 Å². The van der Waals surface area contributed by atoms with Crippen molar-refractivity contribution in [2.24, 2.45) is 0 Å². The zero-order valence-corrected chi connectivity index (χ0v) is 11.3. The van der Waals surface area contributed by atoms with Gasteiger partial charge in [0.1, 0.15) is 5.58 Å². The van der Waals surface area contributed by atoms with Gasteiger partial charge in [-0.15, -0.1) is 0 Å². The molecule has 1 aromatic carbocycles. The standard InChI is InChI=1S/C15H19NO3/c1-10-4-5-13-12(9-16-6-3-7-17)8-14(18)19-15(13)11(10)2/h4-5,8,16-17H,3,6-7,9H2,1-2H3. The predicted octanol–water partition coefficient (Wildman–Crippen LogP) is 1.88. The van der Waals surface area contributed by atoms with Crippen LogP contribution in [0, 0.1) is 13.8 Å². The van der Waals surface area contributed by atoms with Gasteiger partial charge >= 0.3 is 5.63 Å². The number of hydrogen-bond donors (Lipinski definition) is 2. The first-order valence-corrected chi connectivity index (χ1v) is 6.48. The molecule has 1 heterocycles. The monoisotopic (exact) mass is 261 g/mol. The number of hydrogen-bond acceptors (Lipinski definition) is 4. The van der Waals surface area contributed by atoms with Gasteiger partial charge in [0.05, 0.1) is 0 Å². The zero-order valence-electron chi connectivity index (χ0n) is 11.3. The third kappa shape index (κ3) is 3.03. The molecule has 0 fully saturated rings. The van der Waals surface area contributed by atoms with Gasteiger partial charge in [0.25, 0.3) is 0 Å². The summed E-state index contributed by atoms with van der Waals surface area (Å²) in [5.74, 6) is 0. The van der Waals surface area contributed by atoms with Crippen molar-refractivity contribution in [3.63, 3.8) is 0 Å². The molecule has 0 saturated carbocycles. The molecule has 1 aromatic heterocycles. The average molecular weight is 261 g/mol. The van der Waals surface area contributed by atoms with Crippen LogP contribution in [0.5, 0.6) is 0 Å². The summed E-state index contributed by atoms with van der Waals surface area (Å²) in [5.41, 5.74) is 3.41. The summed E-state index contributed by atoms with van der Waals surface area (Å²) in [6, 6.07) is 5.56. The molecule has 0 spiro atoms. The smallest absolute Gasteiger partial charge is 0.336 e. The number of aliphatic hydroxyl groups is 1.